The monoisotopic (exact) mass is 551 g/mol. The molecule has 0 radical (unpaired) electrons. The van der Waals surface area contributed by atoms with Gasteiger partial charge in [-0.2, -0.15) is 0 Å². The van der Waals surface area contributed by atoms with Gasteiger partial charge in [0, 0.05) is 22.5 Å². The highest BCUT2D eigenvalue weighted by molar-refractivity contribution is 14.1. The van der Waals surface area contributed by atoms with Crippen molar-refractivity contribution >= 4 is 34.3 Å². The summed E-state index contributed by atoms with van der Waals surface area (Å²) >= 11 is 1.98. The number of rotatable bonds is 8. The summed E-state index contributed by atoms with van der Waals surface area (Å²) in [7, 11) is 0. The SMILES string of the molecule is CC(O)C(=O)Cc1cccc(Oc2cc(F)cc(Cc3ccc(I)cc3F)c2C(N)=O)c1. The zero-order chi connectivity index (χ0) is 23.4. The first kappa shape index (κ1) is 23.8. The van der Waals surface area contributed by atoms with Crippen molar-refractivity contribution in [1.82, 2.24) is 0 Å². The topological polar surface area (TPSA) is 89.6 Å². The molecule has 32 heavy (non-hydrogen) atoms. The third kappa shape index (κ3) is 5.89. The van der Waals surface area contributed by atoms with Crippen molar-refractivity contribution in [1.29, 1.82) is 0 Å². The van der Waals surface area contributed by atoms with E-state index >= 15 is 0 Å². The Morgan fingerprint density at radius 1 is 1.09 bits per heavy atom. The van der Waals surface area contributed by atoms with Gasteiger partial charge in [-0.1, -0.05) is 18.2 Å². The number of nitrogens with two attached hydrogens (primary N) is 1. The Kier molecular flexibility index (Phi) is 7.57. The van der Waals surface area contributed by atoms with E-state index in [2.05, 4.69) is 0 Å². The fourth-order valence-electron chi connectivity index (χ4n) is 3.20. The summed E-state index contributed by atoms with van der Waals surface area (Å²) in [5.74, 6) is -2.23. The molecule has 1 atom stereocenters. The Bertz CT molecular complexity index is 1180. The van der Waals surface area contributed by atoms with Crippen molar-refractivity contribution in [2.24, 2.45) is 5.73 Å². The molecule has 0 saturated carbocycles. The number of halogens is 3. The number of ether oxygens (including phenoxy) is 1. The molecule has 1 amide bonds. The van der Waals surface area contributed by atoms with Gasteiger partial charge in [0.2, 0.25) is 0 Å². The van der Waals surface area contributed by atoms with Gasteiger partial charge in [0.1, 0.15) is 29.2 Å². The Hall–Kier alpha value is -2.85. The number of aliphatic hydroxyl groups excluding tert-OH is 1. The van der Waals surface area contributed by atoms with E-state index in [1.807, 2.05) is 22.6 Å². The highest BCUT2D eigenvalue weighted by Gasteiger charge is 2.20. The summed E-state index contributed by atoms with van der Waals surface area (Å²) in [5.41, 5.74) is 6.54. The summed E-state index contributed by atoms with van der Waals surface area (Å²) in [6, 6.07) is 13.2. The molecule has 3 aromatic carbocycles. The van der Waals surface area contributed by atoms with Gasteiger partial charge in [-0.3, -0.25) is 9.59 Å². The maximum atomic E-state index is 14.4. The third-order valence-corrected chi connectivity index (χ3v) is 5.43. The minimum atomic E-state index is -1.10. The Morgan fingerprint density at radius 2 is 1.84 bits per heavy atom. The second-order valence-corrected chi connectivity index (χ2v) is 8.53. The van der Waals surface area contributed by atoms with Gasteiger partial charge in [0.15, 0.2) is 5.78 Å². The molecule has 1 unspecified atom stereocenters. The van der Waals surface area contributed by atoms with E-state index in [4.69, 9.17) is 10.5 Å². The number of hydrogen-bond acceptors (Lipinski definition) is 4. The zero-order valence-electron chi connectivity index (χ0n) is 17.1. The van der Waals surface area contributed by atoms with Crippen LogP contribution in [0, 0.1) is 15.2 Å². The maximum absolute atomic E-state index is 14.4. The molecule has 0 aliphatic rings. The minimum Gasteiger partial charge on any atom is -0.456 e. The van der Waals surface area contributed by atoms with Gasteiger partial charge in [-0.05, 0) is 76.5 Å². The summed E-state index contributed by atoms with van der Waals surface area (Å²) in [5, 5.41) is 9.40. The number of hydrogen-bond donors (Lipinski definition) is 2. The molecule has 3 rings (SSSR count). The minimum absolute atomic E-state index is 0.0158. The molecule has 5 nitrogen and oxygen atoms in total. The van der Waals surface area contributed by atoms with E-state index in [-0.39, 0.29) is 46.8 Å². The van der Waals surface area contributed by atoms with Gasteiger partial charge in [0.25, 0.3) is 5.91 Å². The molecule has 0 aliphatic carbocycles. The van der Waals surface area contributed by atoms with E-state index in [0.29, 0.717) is 9.13 Å². The Labute approximate surface area is 197 Å². The molecule has 3 aromatic rings. The number of Topliss-reactive ketones (excluding diaryl/α,β-unsaturated/α-hetero) is 1. The van der Waals surface area contributed by atoms with Crippen LogP contribution in [0.2, 0.25) is 0 Å². The van der Waals surface area contributed by atoms with Gasteiger partial charge < -0.3 is 15.6 Å². The number of aliphatic hydroxyl groups is 1. The number of benzene rings is 3. The number of carbonyl (C=O) groups is 2. The molecule has 8 heteroatoms. The average Bonchev–Trinajstić information content (AvgIpc) is 2.69. The maximum Gasteiger partial charge on any atom is 0.252 e. The fourth-order valence-corrected chi connectivity index (χ4v) is 3.65. The number of amides is 1. The molecular formula is C24H20F2INO4. The predicted molar refractivity (Wildman–Crippen MR) is 124 cm³/mol. The summed E-state index contributed by atoms with van der Waals surface area (Å²) in [6.07, 6.45) is -1.18. The molecule has 0 spiro atoms. The van der Waals surface area contributed by atoms with Crippen LogP contribution in [-0.2, 0) is 17.6 Å². The standard InChI is InChI=1S/C24H20F2INO4/c1-13(29)21(30)8-14-3-2-4-19(7-14)32-22-11-17(25)10-16(23(22)24(28)31)9-15-5-6-18(27)12-20(15)26/h2-7,10-13,29H,8-9H2,1H3,(H2,28,31). The lowest BCUT2D eigenvalue weighted by molar-refractivity contribution is -0.125. The van der Waals surface area contributed by atoms with Gasteiger partial charge in [-0.25, -0.2) is 8.78 Å². The normalized spacial score (nSPS) is 11.8. The van der Waals surface area contributed by atoms with Crippen LogP contribution in [-0.4, -0.2) is 22.9 Å². The lowest BCUT2D eigenvalue weighted by Crippen LogP contribution is -2.18. The van der Waals surface area contributed by atoms with Crippen LogP contribution in [0.4, 0.5) is 8.78 Å². The largest absolute Gasteiger partial charge is 0.456 e. The van der Waals surface area contributed by atoms with Gasteiger partial charge in [0.05, 0.1) is 5.56 Å². The zero-order valence-corrected chi connectivity index (χ0v) is 19.2. The molecule has 0 bridgehead atoms. The van der Waals surface area contributed by atoms with Crippen LogP contribution in [0.3, 0.4) is 0 Å². The molecule has 0 aliphatic heterocycles. The van der Waals surface area contributed by atoms with Crippen molar-refractivity contribution in [3.8, 4) is 11.5 Å². The van der Waals surface area contributed by atoms with Crippen molar-refractivity contribution in [2.45, 2.75) is 25.9 Å². The molecular weight excluding hydrogens is 531 g/mol. The van der Waals surface area contributed by atoms with Crippen LogP contribution >= 0.6 is 22.6 Å². The quantitative estimate of drug-likeness (QED) is 0.403. The third-order valence-electron chi connectivity index (χ3n) is 4.76. The second kappa shape index (κ2) is 10.2. The molecule has 166 valence electrons. The lowest BCUT2D eigenvalue weighted by Gasteiger charge is -2.15. The van der Waals surface area contributed by atoms with Crippen LogP contribution in [0.25, 0.3) is 0 Å². The van der Waals surface area contributed by atoms with Crippen LogP contribution in [0.15, 0.2) is 54.6 Å². The Morgan fingerprint density at radius 3 is 2.50 bits per heavy atom. The first-order valence-corrected chi connectivity index (χ1v) is 10.8. The van der Waals surface area contributed by atoms with Crippen molar-refractivity contribution in [3.05, 3.63) is 92.1 Å². The molecule has 0 saturated heterocycles. The van der Waals surface area contributed by atoms with Crippen molar-refractivity contribution < 1.29 is 28.2 Å². The first-order valence-electron chi connectivity index (χ1n) is 9.67. The molecule has 0 aromatic heterocycles. The van der Waals surface area contributed by atoms with E-state index in [1.165, 1.54) is 13.0 Å². The van der Waals surface area contributed by atoms with E-state index < -0.39 is 23.6 Å². The van der Waals surface area contributed by atoms with Crippen molar-refractivity contribution in [3.63, 3.8) is 0 Å². The van der Waals surface area contributed by atoms with E-state index in [0.717, 1.165) is 12.1 Å². The second-order valence-electron chi connectivity index (χ2n) is 7.28. The first-order chi connectivity index (χ1) is 15.1. The average molecular weight is 551 g/mol. The Balaban J connectivity index is 1.97. The van der Waals surface area contributed by atoms with Crippen molar-refractivity contribution in [2.75, 3.05) is 0 Å². The highest BCUT2D eigenvalue weighted by Crippen LogP contribution is 2.31. The van der Waals surface area contributed by atoms with E-state index in [9.17, 15) is 23.5 Å². The van der Waals surface area contributed by atoms with Crippen LogP contribution < -0.4 is 10.5 Å². The van der Waals surface area contributed by atoms with Crippen LogP contribution in [0.5, 0.6) is 11.5 Å². The number of ketones is 1. The molecule has 0 heterocycles. The molecule has 3 N–H and O–H groups in total. The van der Waals surface area contributed by atoms with Crippen LogP contribution in [0.1, 0.15) is 34.0 Å². The number of carbonyl (C=O) groups excluding carboxylic acids is 2. The van der Waals surface area contributed by atoms with Gasteiger partial charge in [-0.15, -0.1) is 0 Å². The summed E-state index contributed by atoms with van der Waals surface area (Å²) in [6.45, 7) is 1.38. The van der Waals surface area contributed by atoms with E-state index in [1.54, 1.807) is 36.4 Å². The predicted octanol–water partition coefficient (Wildman–Crippen LogP) is 4.54. The number of primary amides is 1. The van der Waals surface area contributed by atoms with Gasteiger partial charge >= 0.3 is 0 Å². The summed E-state index contributed by atoms with van der Waals surface area (Å²) in [4.78, 5) is 24.0. The smallest absolute Gasteiger partial charge is 0.252 e. The highest BCUT2D eigenvalue weighted by atomic mass is 127. The lowest BCUT2D eigenvalue weighted by atomic mass is 9.98. The fraction of sp³-hybridized carbons (Fsp3) is 0.167. The summed E-state index contributed by atoms with van der Waals surface area (Å²) < 4.78 is 35.2. The molecule has 0 fully saturated rings.